The molecule has 10 heteroatoms. The number of anilines is 1. The second kappa shape index (κ2) is 9.73. The van der Waals surface area contributed by atoms with Crippen LogP contribution in [0.5, 0.6) is 5.75 Å². The highest BCUT2D eigenvalue weighted by molar-refractivity contribution is 7.89. The van der Waals surface area contributed by atoms with Gasteiger partial charge in [0.2, 0.25) is 10.0 Å². The molecule has 0 bridgehead atoms. The molecule has 0 fully saturated rings. The molecule has 0 radical (unpaired) electrons. The number of primary sulfonamides is 1. The van der Waals surface area contributed by atoms with Crippen LogP contribution in [-0.4, -0.2) is 45.3 Å². The number of benzene rings is 3. The van der Waals surface area contributed by atoms with E-state index in [1.807, 2.05) is 24.3 Å². The van der Waals surface area contributed by atoms with Crippen molar-refractivity contribution in [3.8, 4) is 5.75 Å². The molecule has 1 heterocycles. The molecule has 3 N–H and O–H groups in total. The molecule has 0 saturated heterocycles. The molecule has 0 spiro atoms. The minimum atomic E-state index is -3.82. The Kier molecular flexibility index (Phi) is 6.92. The lowest BCUT2D eigenvalue weighted by atomic mass is 10.1. The summed E-state index contributed by atoms with van der Waals surface area (Å²) in [6.07, 6.45) is 0. The van der Waals surface area contributed by atoms with Crippen LogP contribution >= 0.6 is 11.6 Å². The van der Waals surface area contributed by atoms with E-state index in [9.17, 15) is 13.5 Å². The van der Waals surface area contributed by atoms with Gasteiger partial charge in [0.05, 0.1) is 31.8 Å². The zero-order valence-electron chi connectivity index (χ0n) is 18.4. The molecule has 0 saturated carbocycles. The molecule has 0 amide bonds. The van der Waals surface area contributed by atoms with E-state index in [1.54, 1.807) is 48.4 Å². The maximum atomic E-state index is 11.6. The van der Waals surface area contributed by atoms with Gasteiger partial charge in [0.25, 0.3) is 0 Å². The molecule has 8 nitrogen and oxygen atoms in total. The van der Waals surface area contributed by atoms with Crippen molar-refractivity contribution in [3.63, 3.8) is 0 Å². The molecule has 1 atom stereocenters. The van der Waals surface area contributed by atoms with Crippen molar-refractivity contribution >= 4 is 33.1 Å². The van der Waals surface area contributed by atoms with Crippen molar-refractivity contribution in [2.24, 2.45) is 10.1 Å². The van der Waals surface area contributed by atoms with Gasteiger partial charge in [-0.15, -0.1) is 0 Å². The number of methoxy groups -OCH3 is 1. The first kappa shape index (κ1) is 24.2. The number of β-amino-alcohol motifs (C(OH)–C–C–N with tert-alkyl or cyclic N) is 1. The van der Waals surface area contributed by atoms with Crippen LogP contribution < -0.4 is 14.8 Å². The van der Waals surface area contributed by atoms with Crippen molar-refractivity contribution in [2.45, 2.75) is 17.2 Å². The lowest BCUT2D eigenvalue weighted by Crippen LogP contribution is -2.39. The summed E-state index contributed by atoms with van der Waals surface area (Å²) in [5, 5.41) is 17.0. The fourth-order valence-electron chi connectivity index (χ4n) is 3.60. The van der Waals surface area contributed by atoms with Gasteiger partial charge in [-0.25, -0.2) is 18.5 Å². The standard InChI is InChI=1S/C24H24ClN3O5S/c1-32-21-10-2-17(3-11-21)14-33-16-24(29)15-28(20-8-12-22(13-9-20)34(26,30)31)23(27-24)18-4-6-19(25)7-5-18/h2-13,29H,14-16H2,1H3,(H2,26,30,31). The molecule has 4 rings (SSSR count). The minimum absolute atomic E-state index is 0.00137. The largest absolute Gasteiger partial charge is 0.497 e. The van der Waals surface area contributed by atoms with Gasteiger partial charge >= 0.3 is 0 Å². The van der Waals surface area contributed by atoms with Gasteiger partial charge in [0, 0.05) is 16.3 Å². The number of hydrogen-bond donors (Lipinski definition) is 2. The van der Waals surface area contributed by atoms with Crippen LogP contribution in [0.4, 0.5) is 5.69 Å². The van der Waals surface area contributed by atoms with E-state index < -0.39 is 15.7 Å². The van der Waals surface area contributed by atoms with Gasteiger partial charge in [-0.3, -0.25) is 0 Å². The van der Waals surface area contributed by atoms with Gasteiger partial charge in [-0.05, 0) is 66.2 Å². The topological polar surface area (TPSA) is 114 Å². The number of halogens is 1. The van der Waals surface area contributed by atoms with Crippen molar-refractivity contribution in [1.29, 1.82) is 0 Å². The molecule has 178 valence electrons. The predicted molar refractivity (Wildman–Crippen MR) is 131 cm³/mol. The van der Waals surface area contributed by atoms with E-state index in [4.69, 9.17) is 26.2 Å². The number of aliphatic imine (C=N–C) groups is 1. The Bertz CT molecular complexity index is 1280. The van der Waals surface area contributed by atoms with Crippen LogP contribution in [0.25, 0.3) is 0 Å². The van der Waals surface area contributed by atoms with Crippen LogP contribution in [0.3, 0.4) is 0 Å². The first-order valence-corrected chi connectivity index (χ1v) is 12.3. The third-order valence-corrected chi connectivity index (χ3v) is 6.50. The first-order chi connectivity index (χ1) is 16.2. The third-order valence-electron chi connectivity index (χ3n) is 5.32. The molecule has 3 aromatic rings. The summed E-state index contributed by atoms with van der Waals surface area (Å²) in [4.78, 5) is 6.37. The summed E-state index contributed by atoms with van der Waals surface area (Å²) in [6.45, 7) is 0.366. The number of nitrogens with two attached hydrogens (primary N) is 1. The Morgan fingerprint density at radius 1 is 1.06 bits per heavy atom. The van der Waals surface area contributed by atoms with Gasteiger partial charge < -0.3 is 19.5 Å². The monoisotopic (exact) mass is 501 g/mol. The molecule has 3 aromatic carbocycles. The van der Waals surface area contributed by atoms with Crippen LogP contribution in [-0.2, 0) is 21.4 Å². The van der Waals surface area contributed by atoms with E-state index >= 15 is 0 Å². The number of aliphatic hydroxyl groups is 1. The van der Waals surface area contributed by atoms with Crippen molar-refractivity contribution < 1.29 is 23.0 Å². The fraction of sp³-hybridized carbons (Fsp3) is 0.208. The van der Waals surface area contributed by atoms with Crippen LogP contribution in [0.15, 0.2) is 82.7 Å². The van der Waals surface area contributed by atoms with E-state index in [2.05, 4.69) is 4.99 Å². The Morgan fingerprint density at radius 3 is 2.29 bits per heavy atom. The summed E-state index contributed by atoms with van der Waals surface area (Å²) in [5.41, 5.74) is 0.804. The molecule has 1 aliphatic heterocycles. The normalized spacial score (nSPS) is 18.1. The minimum Gasteiger partial charge on any atom is -0.497 e. The van der Waals surface area contributed by atoms with Crippen LogP contribution in [0, 0.1) is 0 Å². The molecular weight excluding hydrogens is 478 g/mol. The maximum Gasteiger partial charge on any atom is 0.238 e. The fourth-order valence-corrected chi connectivity index (χ4v) is 4.24. The summed E-state index contributed by atoms with van der Waals surface area (Å²) >= 11 is 6.03. The molecule has 1 aliphatic rings. The Balaban J connectivity index is 1.56. The van der Waals surface area contributed by atoms with Gasteiger partial charge in [0.15, 0.2) is 5.72 Å². The van der Waals surface area contributed by atoms with Crippen molar-refractivity contribution in [1.82, 2.24) is 0 Å². The number of ether oxygens (including phenoxy) is 2. The van der Waals surface area contributed by atoms with Crippen LogP contribution in [0.1, 0.15) is 11.1 Å². The van der Waals surface area contributed by atoms with E-state index in [-0.39, 0.29) is 18.0 Å². The number of sulfonamides is 1. The summed E-state index contributed by atoms with van der Waals surface area (Å²) < 4.78 is 34.2. The Morgan fingerprint density at radius 2 is 1.71 bits per heavy atom. The number of amidine groups is 1. The van der Waals surface area contributed by atoms with E-state index in [0.29, 0.717) is 23.2 Å². The van der Waals surface area contributed by atoms with E-state index in [1.165, 1.54) is 12.1 Å². The maximum absolute atomic E-state index is 11.6. The third kappa shape index (κ3) is 5.57. The van der Waals surface area contributed by atoms with Crippen LogP contribution in [0.2, 0.25) is 5.02 Å². The average molecular weight is 502 g/mol. The summed E-state index contributed by atoms with van der Waals surface area (Å²) in [7, 11) is -2.22. The lowest BCUT2D eigenvalue weighted by molar-refractivity contribution is -0.0345. The average Bonchev–Trinajstić information content (AvgIpc) is 3.17. The molecule has 1 unspecified atom stereocenters. The van der Waals surface area contributed by atoms with Crippen molar-refractivity contribution in [2.75, 3.05) is 25.2 Å². The second-order valence-electron chi connectivity index (χ2n) is 7.89. The van der Waals surface area contributed by atoms with Gasteiger partial charge in [0.1, 0.15) is 11.6 Å². The quantitative estimate of drug-likeness (QED) is 0.490. The number of hydrogen-bond acceptors (Lipinski definition) is 7. The Labute approximate surface area is 203 Å². The molecular formula is C24H24ClN3O5S. The van der Waals surface area contributed by atoms with Crippen molar-refractivity contribution in [3.05, 3.63) is 88.9 Å². The number of rotatable bonds is 8. The lowest BCUT2D eigenvalue weighted by Gasteiger charge is -2.24. The molecule has 0 aromatic heterocycles. The first-order valence-electron chi connectivity index (χ1n) is 10.4. The predicted octanol–water partition coefficient (Wildman–Crippen LogP) is 3.17. The van der Waals surface area contributed by atoms with Gasteiger partial charge in [-0.1, -0.05) is 23.7 Å². The zero-order valence-corrected chi connectivity index (χ0v) is 20.0. The highest BCUT2D eigenvalue weighted by atomic mass is 35.5. The highest BCUT2D eigenvalue weighted by Gasteiger charge is 2.39. The number of nitrogens with zero attached hydrogens (tertiary/aromatic N) is 2. The second-order valence-corrected chi connectivity index (χ2v) is 9.89. The van der Waals surface area contributed by atoms with Gasteiger partial charge in [-0.2, -0.15) is 0 Å². The highest BCUT2D eigenvalue weighted by Crippen LogP contribution is 2.30. The van der Waals surface area contributed by atoms with E-state index in [0.717, 1.165) is 16.9 Å². The summed E-state index contributed by atoms with van der Waals surface area (Å²) in [6, 6.07) is 20.6. The smallest absolute Gasteiger partial charge is 0.238 e. The molecule has 0 aliphatic carbocycles. The SMILES string of the molecule is COc1ccc(COCC2(O)CN(c3ccc(S(N)(=O)=O)cc3)C(c3ccc(Cl)cc3)=N2)cc1. The summed E-state index contributed by atoms with van der Waals surface area (Å²) in [5.74, 6) is 1.26. The zero-order chi connectivity index (χ0) is 24.3. The molecule has 34 heavy (non-hydrogen) atoms. The Hall–Kier alpha value is -2.95.